The Bertz CT molecular complexity index is 917. The molecule has 1 aromatic carbocycles. The number of methoxy groups -OCH3 is 1. The predicted octanol–water partition coefficient (Wildman–Crippen LogP) is 8.46. The molecule has 0 spiro atoms. The second kappa shape index (κ2) is 17.9. The molecule has 0 aromatic heterocycles. The Morgan fingerprint density at radius 2 is 1.53 bits per heavy atom. The maximum atomic E-state index is 13.3. The van der Waals surface area contributed by atoms with Gasteiger partial charge in [-0.2, -0.15) is 5.06 Å². The van der Waals surface area contributed by atoms with Gasteiger partial charge in [-0.05, 0) is 60.5 Å². The largest absolute Gasteiger partial charge is 0.497 e. The van der Waals surface area contributed by atoms with Crippen LogP contribution < -0.4 is 4.74 Å². The average Bonchev–Trinajstić information content (AvgIpc) is 3.53. The van der Waals surface area contributed by atoms with Crippen LogP contribution in [0.25, 0.3) is 0 Å². The molecule has 0 radical (unpaired) electrons. The van der Waals surface area contributed by atoms with Crippen LogP contribution in [0.1, 0.15) is 112 Å². The Hall–Kier alpha value is -1.45. The van der Waals surface area contributed by atoms with Gasteiger partial charge in [-0.3, -0.25) is 9.63 Å². The second-order valence-corrected chi connectivity index (χ2v) is 18.9. The maximum absolute atomic E-state index is 13.3. The third-order valence-corrected chi connectivity index (χ3v) is 15.8. The first-order valence-corrected chi connectivity index (χ1v) is 19.3. The molecular formula is C35H61NO6Si. The first kappa shape index (κ1) is 36.0. The molecule has 2 aliphatic heterocycles. The van der Waals surface area contributed by atoms with Crippen LogP contribution in [0.5, 0.6) is 5.75 Å². The molecule has 3 rings (SSSR count). The lowest BCUT2D eigenvalue weighted by Gasteiger charge is -2.45. The fraction of sp³-hybridized carbons (Fsp3) is 0.800. The van der Waals surface area contributed by atoms with Crippen LogP contribution in [-0.4, -0.2) is 64.5 Å². The molecule has 4 atom stereocenters. The van der Waals surface area contributed by atoms with E-state index in [0.717, 1.165) is 51.0 Å². The number of esters is 1. The Balaban J connectivity index is 1.40. The third-order valence-electron chi connectivity index (χ3n) is 9.71. The first-order chi connectivity index (χ1) is 20.6. The van der Waals surface area contributed by atoms with Crippen molar-refractivity contribution in [2.45, 2.75) is 148 Å². The number of hydroxylamine groups is 2. The fourth-order valence-corrected chi connectivity index (χ4v) is 13.3. The number of carbonyl (C=O) groups is 1. The van der Waals surface area contributed by atoms with E-state index in [1.54, 1.807) is 7.11 Å². The molecule has 2 heterocycles. The molecule has 2 aliphatic rings. The van der Waals surface area contributed by atoms with Gasteiger partial charge in [-0.1, -0.05) is 92.2 Å². The van der Waals surface area contributed by atoms with Gasteiger partial charge in [-0.25, -0.2) is 0 Å². The molecule has 43 heavy (non-hydrogen) atoms. The van der Waals surface area contributed by atoms with Crippen LogP contribution in [0, 0.1) is 5.92 Å². The fourth-order valence-electron chi connectivity index (χ4n) is 7.66. The molecule has 2 fully saturated rings. The Morgan fingerprint density at radius 3 is 2.12 bits per heavy atom. The van der Waals surface area contributed by atoms with Crippen molar-refractivity contribution in [1.29, 1.82) is 0 Å². The van der Waals surface area contributed by atoms with Crippen LogP contribution in [0.4, 0.5) is 0 Å². The number of rotatable bonds is 20. The van der Waals surface area contributed by atoms with Crippen molar-refractivity contribution < 1.29 is 28.3 Å². The van der Waals surface area contributed by atoms with Gasteiger partial charge >= 0.3 is 5.97 Å². The number of hydrogen-bond acceptors (Lipinski definition) is 7. The average molecular weight is 620 g/mol. The zero-order chi connectivity index (χ0) is 31.4. The summed E-state index contributed by atoms with van der Waals surface area (Å²) in [6.45, 7) is 18.5. The highest BCUT2D eigenvalue weighted by atomic mass is 28.4. The van der Waals surface area contributed by atoms with Crippen molar-refractivity contribution in [3.8, 4) is 5.75 Å². The van der Waals surface area contributed by atoms with E-state index >= 15 is 0 Å². The molecule has 8 heteroatoms. The number of unbranched alkanes of at least 4 members (excludes halogenated alkanes) is 6. The SMILES string of the molecule is CCOC(=O)[C@@H]1[C@@H]2[C@@H](O[Si](C(C)C)(C(C)C)C(C)C)CCN2O[C@H]1CCCCCCCCCOCc1ccc(OC)cc1. The number of fused-ring (bicyclic) bond motifs is 1. The summed E-state index contributed by atoms with van der Waals surface area (Å²) >= 11 is 0. The van der Waals surface area contributed by atoms with Gasteiger partial charge in [0.05, 0.1) is 38.6 Å². The second-order valence-electron chi connectivity index (χ2n) is 13.5. The molecule has 0 bridgehead atoms. The van der Waals surface area contributed by atoms with Gasteiger partial charge in [0.1, 0.15) is 11.7 Å². The van der Waals surface area contributed by atoms with Crippen molar-refractivity contribution in [1.82, 2.24) is 5.06 Å². The minimum absolute atomic E-state index is 0.0264. The van der Waals surface area contributed by atoms with E-state index in [-0.39, 0.29) is 30.1 Å². The van der Waals surface area contributed by atoms with Gasteiger partial charge in [0.2, 0.25) is 8.32 Å². The summed E-state index contributed by atoms with van der Waals surface area (Å²) in [6, 6.07) is 8.01. The highest BCUT2D eigenvalue weighted by Crippen LogP contribution is 2.47. The standard InChI is InChI=1S/C35H61NO6Si/c1-9-40-35(37)33-31(41-36-23-22-32(34(33)36)42-43(26(2)3,27(4)5)28(6)7)17-15-13-11-10-12-14-16-24-39-25-29-18-20-30(38-8)21-19-29/h18-21,26-28,31-34H,9-17,22-25H2,1-8H3/t31-,32-,33-,34-/m0/s1. The lowest BCUT2D eigenvalue weighted by molar-refractivity contribution is -0.158. The number of nitrogens with zero attached hydrogens (tertiary/aromatic N) is 1. The quantitative estimate of drug-likeness (QED) is 0.0824. The highest BCUT2D eigenvalue weighted by Gasteiger charge is 2.57. The summed E-state index contributed by atoms with van der Waals surface area (Å²) in [6.07, 6.45) is 9.94. The van der Waals surface area contributed by atoms with Gasteiger partial charge in [0.25, 0.3) is 0 Å². The molecule has 246 valence electrons. The van der Waals surface area contributed by atoms with Crippen molar-refractivity contribution in [2.24, 2.45) is 5.92 Å². The smallest absolute Gasteiger partial charge is 0.313 e. The molecule has 0 N–H and O–H groups in total. The van der Waals surface area contributed by atoms with Gasteiger partial charge < -0.3 is 18.6 Å². The number of ether oxygens (including phenoxy) is 3. The Morgan fingerprint density at radius 1 is 0.930 bits per heavy atom. The zero-order valence-corrected chi connectivity index (χ0v) is 29.4. The molecule has 0 aliphatic carbocycles. The van der Waals surface area contributed by atoms with Gasteiger partial charge in [0, 0.05) is 13.2 Å². The minimum atomic E-state index is -2.08. The summed E-state index contributed by atoms with van der Waals surface area (Å²) in [7, 11) is -0.394. The molecule has 0 amide bonds. The summed E-state index contributed by atoms with van der Waals surface area (Å²) in [5, 5.41) is 2.08. The van der Waals surface area contributed by atoms with Crippen LogP contribution in [-0.2, 0) is 30.1 Å². The number of carbonyl (C=O) groups excluding carboxylic acids is 1. The van der Waals surface area contributed by atoms with E-state index in [9.17, 15) is 4.79 Å². The van der Waals surface area contributed by atoms with Gasteiger partial charge in [0.15, 0.2) is 0 Å². The van der Waals surface area contributed by atoms with Crippen molar-refractivity contribution in [2.75, 3.05) is 26.9 Å². The lowest BCUT2D eigenvalue weighted by Crippen LogP contribution is -2.53. The summed E-state index contributed by atoms with van der Waals surface area (Å²) in [5.41, 5.74) is 2.70. The molecule has 1 aromatic rings. The molecular weight excluding hydrogens is 558 g/mol. The van der Waals surface area contributed by atoms with Gasteiger partial charge in [-0.15, -0.1) is 0 Å². The topological polar surface area (TPSA) is 66.5 Å². The molecule has 0 unspecified atom stereocenters. The normalized spacial score (nSPS) is 22.6. The van der Waals surface area contributed by atoms with E-state index in [1.807, 2.05) is 19.1 Å². The minimum Gasteiger partial charge on any atom is -0.497 e. The highest BCUT2D eigenvalue weighted by molar-refractivity contribution is 6.77. The summed E-state index contributed by atoms with van der Waals surface area (Å²) in [5.74, 6) is 0.485. The van der Waals surface area contributed by atoms with E-state index in [4.69, 9.17) is 23.5 Å². The van der Waals surface area contributed by atoms with Crippen LogP contribution in [0.15, 0.2) is 24.3 Å². The van der Waals surface area contributed by atoms with Crippen molar-refractivity contribution in [3.63, 3.8) is 0 Å². The van der Waals surface area contributed by atoms with E-state index in [0.29, 0.717) is 29.8 Å². The molecule has 7 nitrogen and oxygen atoms in total. The van der Waals surface area contributed by atoms with Crippen LogP contribution in [0.2, 0.25) is 16.6 Å². The number of benzene rings is 1. The number of hydrogen-bond donors (Lipinski definition) is 0. The van der Waals surface area contributed by atoms with E-state index in [1.165, 1.54) is 31.2 Å². The maximum Gasteiger partial charge on any atom is 0.313 e. The van der Waals surface area contributed by atoms with Crippen molar-refractivity contribution in [3.05, 3.63) is 29.8 Å². The molecule has 0 saturated carbocycles. The lowest BCUT2D eigenvalue weighted by atomic mass is 9.89. The Labute approximate surface area is 263 Å². The summed E-state index contributed by atoms with van der Waals surface area (Å²) in [4.78, 5) is 19.8. The van der Waals surface area contributed by atoms with Crippen molar-refractivity contribution >= 4 is 14.3 Å². The predicted molar refractivity (Wildman–Crippen MR) is 176 cm³/mol. The monoisotopic (exact) mass is 619 g/mol. The van der Waals surface area contributed by atoms with Crippen LogP contribution >= 0.6 is 0 Å². The van der Waals surface area contributed by atoms with E-state index < -0.39 is 8.32 Å². The summed E-state index contributed by atoms with van der Waals surface area (Å²) < 4.78 is 23.9. The van der Waals surface area contributed by atoms with Crippen LogP contribution in [0.3, 0.4) is 0 Å². The Kier molecular flexibility index (Phi) is 15.0. The molecule has 2 saturated heterocycles. The first-order valence-electron chi connectivity index (χ1n) is 17.1. The zero-order valence-electron chi connectivity index (χ0n) is 28.4. The third kappa shape index (κ3) is 9.52. The van der Waals surface area contributed by atoms with E-state index in [2.05, 4.69) is 58.7 Å².